The second-order valence-electron chi connectivity index (χ2n) is 14.9. The van der Waals surface area contributed by atoms with Crippen LogP contribution in [0.25, 0.3) is 0 Å². The standard InChI is InChI=1S/C31H48N2O2P2/c1-20-15-22-19-23-16-21(2)18-25(29(6,7)8)27(23)35-37-32(30(9,10)11)36(33(37)31(12,13)14)34-26(22)24(17-20)28(3,4)5/h15-18H,19H2,1-14H3. The van der Waals surface area contributed by atoms with E-state index in [1.807, 2.05) is 0 Å². The lowest BCUT2D eigenvalue weighted by Crippen LogP contribution is -2.55. The zero-order valence-corrected chi connectivity index (χ0v) is 27.4. The van der Waals surface area contributed by atoms with Gasteiger partial charge in [-0.15, -0.1) is 0 Å². The fourth-order valence-corrected chi connectivity index (χ4v) is 10.5. The van der Waals surface area contributed by atoms with E-state index < -0.39 is 16.9 Å². The number of hydrogen-bond acceptors (Lipinski definition) is 4. The van der Waals surface area contributed by atoms with Gasteiger partial charge in [0.1, 0.15) is 11.5 Å². The Morgan fingerprint density at radius 1 is 0.568 bits per heavy atom. The molecule has 6 heteroatoms. The molecule has 0 atom stereocenters. The van der Waals surface area contributed by atoms with Crippen LogP contribution in [0.1, 0.15) is 116 Å². The molecule has 0 amide bonds. The quantitative estimate of drug-likeness (QED) is 0.309. The Hall–Kier alpha value is -1.18. The fraction of sp³-hybridized carbons (Fsp3) is 0.613. The van der Waals surface area contributed by atoms with Crippen molar-refractivity contribution in [1.29, 1.82) is 0 Å². The summed E-state index contributed by atoms with van der Waals surface area (Å²) in [6.45, 7) is 31.9. The summed E-state index contributed by atoms with van der Waals surface area (Å²) in [5.41, 5.74) is 7.37. The maximum absolute atomic E-state index is 7.22. The van der Waals surface area contributed by atoms with E-state index in [2.05, 4.69) is 130 Å². The topological polar surface area (TPSA) is 24.9 Å². The van der Waals surface area contributed by atoms with Gasteiger partial charge in [-0.2, -0.15) is 8.88 Å². The Bertz CT molecular complexity index is 1090. The van der Waals surface area contributed by atoms with Gasteiger partial charge in [0.25, 0.3) is 16.9 Å². The number of aryl methyl sites for hydroxylation is 2. The summed E-state index contributed by atoms with van der Waals surface area (Å²) in [5.74, 6) is 2.13. The van der Waals surface area contributed by atoms with Crippen LogP contribution in [0, 0.1) is 13.8 Å². The highest BCUT2D eigenvalue weighted by Crippen LogP contribution is 2.81. The summed E-state index contributed by atoms with van der Waals surface area (Å²) in [4.78, 5) is 0. The van der Waals surface area contributed by atoms with Crippen molar-refractivity contribution in [3.05, 3.63) is 57.6 Å². The van der Waals surface area contributed by atoms with Gasteiger partial charge in [-0.25, -0.2) is 0 Å². The second kappa shape index (κ2) is 9.19. The molecule has 0 radical (unpaired) electrons. The average Bonchev–Trinajstić information content (AvgIpc) is 2.65. The second-order valence-corrected chi connectivity index (χ2v) is 18.5. The highest BCUT2D eigenvalue weighted by molar-refractivity contribution is 7.78. The predicted octanol–water partition coefficient (Wildman–Crippen LogP) is 9.93. The number of hydrogen-bond donors (Lipinski definition) is 0. The maximum atomic E-state index is 7.22. The molecule has 5 rings (SSSR count). The van der Waals surface area contributed by atoms with Gasteiger partial charge in [0.2, 0.25) is 0 Å². The van der Waals surface area contributed by atoms with Crippen LogP contribution in [0.2, 0.25) is 0 Å². The highest BCUT2D eigenvalue weighted by atomic mass is 31.3. The van der Waals surface area contributed by atoms with Crippen molar-refractivity contribution < 1.29 is 9.05 Å². The maximum Gasteiger partial charge on any atom is 0.264 e. The minimum absolute atomic E-state index is 0.0349. The van der Waals surface area contributed by atoms with Gasteiger partial charge in [-0.3, -0.25) is 0 Å². The summed E-state index contributed by atoms with van der Waals surface area (Å²) < 4.78 is 19.5. The number of benzene rings is 2. The molecule has 0 saturated carbocycles. The Kier molecular flexibility index (Phi) is 7.16. The van der Waals surface area contributed by atoms with Gasteiger partial charge in [0.15, 0.2) is 0 Å². The zero-order valence-electron chi connectivity index (χ0n) is 25.6. The van der Waals surface area contributed by atoms with E-state index in [1.165, 1.54) is 33.4 Å². The first kappa shape index (κ1) is 28.8. The summed E-state index contributed by atoms with van der Waals surface area (Å²) in [6.07, 6.45) is 0.803. The molecule has 0 unspecified atom stereocenters. The van der Waals surface area contributed by atoms with Crippen LogP contribution >= 0.6 is 16.9 Å². The minimum Gasteiger partial charge on any atom is -0.443 e. The van der Waals surface area contributed by atoms with Crippen LogP contribution in [0.15, 0.2) is 24.3 Å². The molecule has 4 nitrogen and oxygen atoms in total. The van der Waals surface area contributed by atoms with Crippen LogP contribution in [-0.2, 0) is 17.3 Å². The first-order valence-electron chi connectivity index (χ1n) is 13.5. The third-order valence-electron chi connectivity index (χ3n) is 6.81. The summed E-state index contributed by atoms with van der Waals surface area (Å²) in [5, 5.41) is 0. The lowest BCUT2D eigenvalue weighted by atomic mass is 9.81. The minimum atomic E-state index is -1.05. The van der Waals surface area contributed by atoms with Crippen molar-refractivity contribution in [2.45, 2.75) is 125 Å². The number of rotatable bonds is 0. The Morgan fingerprint density at radius 2 is 0.892 bits per heavy atom. The Balaban J connectivity index is 2.09. The van der Waals surface area contributed by atoms with Crippen molar-refractivity contribution in [3.63, 3.8) is 0 Å². The molecular formula is C31H48N2O2P2. The van der Waals surface area contributed by atoms with Crippen molar-refractivity contribution >= 4 is 16.9 Å². The molecule has 2 aromatic rings. The monoisotopic (exact) mass is 542 g/mol. The van der Waals surface area contributed by atoms with Crippen LogP contribution in [0.3, 0.4) is 0 Å². The van der Waals surface area contributed by atoms with Crippen molar-refractivity contribution in [1.82, 2.24) is 8.88 Å². The molecule has 3 aliphatic rings. The third kappa shape index (κ3) is 5.47. The normalized spacial score (nSPS) is 21.4. The number of nitrogens with zero attached hydrogens (tertiary/aromatic N) is 2. The van der Waals surface area contributed by atoms with Gasteiger partial charge in [-0.1, -0.05) is 76.9 Å². The molecule has 204 valence electrons. The summed E-state index contributed by atoms with van der Waals surface area (Å²) in [7, 11) is -2.09. The molecule has 0 spiro atoms. The third-order valence-corrected chi connectivity index (χ3v) is 13.0. The lowest BCUT2D eigenvalue weighted by molar-refractivity contribution is 0.223. The van der Waals surface area contributed by atoms with Gasteiger partial charge in [0.05, 0.1) is 0 Å². The summed E-state index contributed by atoms with van der Waals surface area (Å²) in [6, 6.07) is 9.32. The van der Waals surface area contributed by atoms with E-state index in [0.29, 0.717) is 0 Å². The molecule has 1 saturated heterocycles. The van der Waals surface area contributed by atoms with Gasteiger partial charge in [0, 0.05) is 28.6 Å². The van der Waals surface area contributed by atoms with Crippen LogP contribution in [0.4, 0.5) is 0 Å². The van der Waals surface area contributed by atoms with Crippen LogP contribution in [0.5, 0.6) is 11.5 Å². The van der Waals surface area contributed by atoms with Crippen molar-refractivity contribution in [3.8, 4) is 11.5 Å². The van der Waals surface area contributed by atoms with Gasteiger partial charge < -0.3 is 9.05 Å². The molecule has 0 N–H and O–H groups in total. The Morgan fingerprint density at radius 3 is 1.16 bits per heavy atom. The predicted molar refractivity (Wildman–Crippen MR) is 161 cm³/mol. The van der Waals surface area contributed by atoms with E-state index in [1.54, 1.807) is 0 Å². The largest absolute Gasteiger partial charge is 0.443 e. The lowest BCUT2D eigenvalue weighted by Gasteiger charge is -2.61. The van der Waals surface area contributed by atoms with E-state index in [9.17, 15) is 0 Å². The smallest absolute Gasteiger partial charge is 0.264 e. The van der Waals surface area contributed by atoms with Crippen molar-refractivity contribution in [2.24, 2.45) is 0 Å². The van der Waals surface area contributed by atoms with Crippen LogP contribution < -0.4 is 9.05 Å². The molecule has 37 heavy (non-hydrogen) atoms. The van der Waals surface area contributed by atoms with E-state index >= 15 is 0 Å². The molecule has 2 bridgehead atoms. The molecule has 0 aromatic heterocycles. The molecule has 1 fully saturated rings. The van der Waals surface area contributed by atoms with E-state index in [4.69, 9.17) is 9.05 Å². The fourth-order valence-electron chi connectivity index (χ4n) is 5.10. The highest BCUT2D eigenvalue weighted by Gasteiger charge is 2.62. The summed E-state index contributed by atoms with van der Waals surface area (Å²) >= 11 is 0. The first-order valence-corrected chi connectivity index (χ1v) is 15.9. The van der Waals surface area contributed by atoms with E-state index in [-0.39, 0.29) is 21.9 Å². The first-order chi connectivity index (χ1) is 16.7. The van der Waals surface area contributed by atoms with Crippen molar-refractivity contribution in [2.75, 3.05) is 0 Å². The Labute approximate surface area is 229 Å². The molecule has 3 heterocycles. The van der Waals surface area contributed by atoms with E-state index in [0.717, 1.165) is 17.9 Å². The van der Waals surface area contributed by atoms with Gasteiger partial charge in [-0.05, 0) is 77.3 Å². The van der Waals surface area contributed by atoms with Gasteiger partial charge >= 0.3 is 0 Å². The zero-order chi connectivity index (χ0) is 27.9. The molecule has 0 aliphatic carbocycles. The SMILES string of the molecule is Cc1cc2c(c(C(C)(C)C)c1)OP1N(C(C)(C)C)P(Oc3c(cc(C)cc3C(C)(C)C)C2)N1C(C)(C)C. The van der Waals surface area contributed by atoms with Crippen LogP contribution in [-0.4, -0.2) is 20.0 Å². The molecule has 2 aromatic carbocycles. The average molecular weight is 543 g/mol. The molecule has 3 aliphatic heterocycles. The molecular weight excluding hydrogens is 494 g/mol.